The van der Waals surface area contributed by atoms with E-state index in [2.05, 4.69) is 27.4 Å². The maximum Gasteiger partial charge on any atom is 0.231 e. The van der Waals surface area contributed by atoms with Gasteiger partial charge in [-0.25, -0.2) is 0 Å². The molecule has 0 saturated carbocycles. The number of piperidine rings is 1. The fourth-order valence-electron chi connectivity index (χ4n) is 3.61. The highest BCUT2D eigenvalue weighted by molar-refractivity contribution is 5.79. The third kappa shape index (κ3) is 5.53. The van der Waals surface area contributed by atoms with E-state index in [-0.39, 0.29) is 0 Å². The standard InChI is InChI=1S/C20H32N4O2/c1-16-6-5-11-24(14-16)10-4-3-9-22-20(21-2)23-13-17-7-8-18-19(12-17)26-15-25-18/h7-8,12,16H,3-6,9-11,13-15H2,1-2H3,(H2,21,22,23). The Morgan fingerprint density at radius 1 is 1.23 bits per heavy atom. The van der Waals surface area contributed by atoms with Crippen molar-refractivity contribution in [2.24, 2.45) is 10.9 Å². The third-order valence-electron chi connectivity index (χ3n) is 5.06. The summed E-state index contributed by atoms with van der Waals surface area (Å²) in [6.07, 6.45) is 5.15. The highest BCUT2D eigenvalue weighted by Gasteiger charge is 2.15. The zero-order chi connectivity index (χ0) is 18.2. The molecule has 0 aromatic heterocycles. The topological polar surface area (TPSA) is 58.1 Å². The first-order chi connectivity index (χ1) is 12.7. The molecular weight excluding hydrogens is 328 g/mol. The lowest BCUT2D eigenvalue weighted by atomic mass is 10.0. The number of hydrogen-bond acceptors (Lipinski definition) is 4. The molecule has 1 aromatic carbocycles. The number of fused-ring (bicyclic) bond motifs is 1. The number of rotatable bonds is 7. The van der Waals surface area contributed by atoms with E-state index in [4.69, 9.17) is 9.47 Å². The van der Waals surface area contributed by atoms with Crippen molar-refractivity contribution < 1.29 is 9.47 Å². The fraction of sp³-hybridized carbons (Fsp3) is 0.650. The molecule has 2 heterocycles. The van der Waals surface area contributed by atoms with Gasteiger partial charge in [-0.2, -0.15) is 0 Å². The predicted octanol–water partition coefficient (Wildman–Crippen LogP) is 2.59. The molecule has 1 atom stereocenters. The number of aliphatic imine (C=N–C) groups is 1. The molecule has 6 nitrogen and oxygen atoms in total. The van der Waals surface area contributed by atoms with Crippen LogP contribution in [0.4, 0.5) is 0 Å². The van der Waals surface area contributed by atoms with Crippen LogP contribution >= 0.6 is 0 Å². The molecule has 0 aliphatic carbocycles. The van der Waals surface area contributed by atoms with Crippen molar-refractivity contribution in [3.05, 3.63) is 23.8 Å². The van der Waals surface area contributed by atoms with Gasteiger partial charge in [0, 0.05) is 26.7 Å². The van der Waals surface area contributed by atoms with Crippen LogP contribution in [0.3, 0.4) is 0 Å². The van der Waals surface area contributed by atoms with E-state index in [1.54, 1.807) is 0 Å². The fourth-order valence-corrected chi connectivity index (χ4v) is 3.61. The normalized spacial score (nSPS) is 20.2. The van der Waals surface area contributed by atoms with E-state index in [0.717, 1.165) is 41.9 Å². The lowest BCUT2D eigenvalue weighted by Gasteiger charge is -2.30. The Hall–Kier alpha value is -1.95. The molecule has 3 rings (SSSR count). The largest absolute Gasteiger partial charge is 0.454 e. The van der Waals surface area contributed by atoms with Crippen molar-refractivity contribution in [1.82, 2.24) is 15.5 Å². The Labute approximate surface area is 157 Å². The smallest absolute Gasteiger partial charge is 0.231 e. The minimum Gasteiger partial charge on any atom is -0.454 e. The summed E-state index contributed by atoms with van der Waals surface area (Å²) in [5.74, 6) is 3.34. The molecule has 1 aromatic rings. The molecule has 1 fully saturated rings. The van der Waals surface area contributed by atoms with Crippen LogP contribution in [-0.2, 0) is 6.54 Å². The van der Waals surface area contributed by atoms with E-state index in [0.29, 0.717) is 13.3 Å². The maximum atomic E-state index is 5.42. The zero-order valence-electron chi connectivity index (χ0n) is 16.1. The highest BCUT2D eigenvalue weighted by Crippen LogP contribution is 2.32. The molecule has 6 heteroatoms. The number of hydrogen-bond donors (Lipinski definition) is 2. The summed E-state index contributed by atoms with van der Waals surface area (Å²) in [4.78, 5) is 6.91. The lowest BCUT2D eigenvalue weighted by molar-refractivity contribution is 0.174. The summed E-state index contributed by atoms with van der Waals surface area (Å²) in [5.41, 5.74) is 1.15. The number of benzene rings is 1. The predicted molar refractivity (Wildman–Crippen MR) is 105 cm³/mol. The molecule has 0 radical (unpaired) electrons. The van der Waals surface area contributed by atoms with Gasteiger partial charge in [0.25, 0.3) is 0 Å². The van der Waals surface area contributed by atoms with Gasteiger partial charge in [0.1, 0.15) is 0 Å². The van der Waals surface area contributed by atoms with Gasteiger partial charge in [-0.1, -0.05) is 13.0 Å². The van der Waals surface area contributed by atoms with Gasteiger partial charge in [0.2, 0.25) is 6.79 Å². The first kappa shape index (κ1) is 18.8. The Balaban J connectivity index is 1.31. The Morgan fingerprint density at radius 2 is 2.12 bits per heavy atom. The summed E-state index contributed by atoms with van der Waals surface area (Å²) < 4.78 is 10.8. The van der Waals surface area contributed by atoms with E-state index in [9.17, 15) is 0 Å². The zero-order valence-corrected chi connectivity index (χ0v) is 16.1. The minimum absolute atomic E-state index is 0.311. The van der Waals surface area contributed by atoms with Crippen LogP contribution < -0.4 is 20.1 Å². The second-order valence-electron chi connectivity index (χ2n) is 7.30. The molecule has 1 unspecified atom stereocenters. The number of nitrogens with one attached hydrogen (secondary N) is 2. The number of guanidine groups is 1. The molecule has 1 saturated heterocycles. The molecule has 2 aliphatic rings. The number of nitrogens with zero attached hydrogens (tertiary/aromatic N) is 2. The first-order valence-corrected chi connectivity index (χ1v) is 9.80. The van der Waals surface area contributed by atoms with Crippen LogP contribution in [0.25, 0.3) is 0 Å². The van der Waals surface area contributed by atoms with Gasteiger partial charge in [-0.15, -0.1) is 0 Å². The number of ether oxygens (including phenoxy) is 2. The average molecular weight is 361 g/mol. The summed E-state index contributed by atoms with van der Waals surface area (Å²) in [5, 5.41) is 6.76. The van der Waals surface area contributed by atoms with E-state index < -0.39 is 0 Å². The molecule has 2 N–H and O–H groups in total. The maximum absolute atomic E-state index is 5.42. The minimum atomic E-state index is 0.311. The van der Waals surface area contributed by atoms with Gasteiger partial charge < -0.3 is 25.0 Å². The van der Waals surface area contributed by atoms with E-state index in [1.165, 1.54) is 38.9 Å². The molecule has 0 amide bonds. The Bertz CT molecular complexity index is 605. The van der Waals surface area contributed by atoms with Crippen LogP contribution in [0, 0.1) is 5.92 Å². The Morgan fingerprint density at radius 3 is 2.96 bits per heavy atom. The molecule has 0 spiro atoms. The Kier molecular flexibility index (Phi) is 7.00. The van der Waals surface area contributed by atoms with Crippen molar-refractivity contribution in [2.75, 3.05) is 40.0 Å². The van der Waals surface area contributed by atoms with Crippen LogP contribution in [0.5, 0.6) is 11.5 Å². The van der Waals surface area contributed by atoms with Gasteiger partial charge in [-0.3, -0.25) is 4.99 Å². The first-order valence-electron chi connectivity index (χ1n) is 9.80. The summed E-state index contributed by atoms with van der Waals surface area (Å²) >= 11 is 0. The quantitative estimate of drug-likeness (QED) is 0.445. The average Bonchev–Trinajstić information content (AvgIpc) is 3.12. The van der Waals surface area contributed by atoms with Crippen molar-refractivity contribution >= 4 is 5.96 Å². The van der Waals surface area contributed by atoms with Crippen molar-refractivity contribution in [1.29, 1.82) is 0 Å². The monoisotopic (exact) mass is 360 g/mol. The molecular formula is C20H32N4O2. The summed E-state index contributed by atoms with van der Waals surface area (Å²) in [6.45, 7) is 8.10. The SMILES string of the molecule is CN=C(NCCCCN1CCCC(C)C1)NCc1ccc2c(c1)OCO2. The van der Waals surface area contributed by atoms with Gasteiger partial charge >= 0.3 is 0 Å². The van der Waals surface area contributed by atoms with Crippen LogP contribution in [0.15, 0.2) is 23.2 Å². The van der Waals surface area contributed by atoms with Crippen LogP contribution in [0.2, 0.25) is 0 Å². The van der Waals surface area contributed by atoms with E-state index in [1.807, 2.05) is 25.2 Å². The number of likely N-dealkylation sites (tertiary alicyclic amines) is 1. The van der Waals surface area contributed by atoms with Crippen molar-refractivity contribution in [2.45, 2.75) is 39.2 Å². The van der Waals surface area contributed by atoms with Gasteiger partial charge in [0.05, 0.1) is 0 Å². The van der Waals surface area contributed by atoms with E-state index >= 15 is 0 Å². The summed E-state index contributed by atoms with van der Waals surface area (Å²) in [6, 6.07) is 6.02. The van der Waals surface area contributed by atoms with Gasteiger partial charge in [-0.05, 0) is 62.4 Å². The number of unbranched alkanes of at least 4 members (excludes halogenated alkanes) is 1. The highest BCUT2D eigenvalue weighted by atomic mass is 16.7. The molecule has 0 bridgehead atoms. The van der Waals surface area contributed by atoms with Crippen molar-refractivity contribution in [3.63, 3.8) is 0 Å². The second-order valence-corrected chi connectivity index (χ2v) is 7.30. The van der Waals surface area contributed by atoms with Crippen molar-refractivity contribution in [3.8, 4) is 11.5 Å². The van der Waals surface area contributed by atoms with Gasteiger partial charge in [0.15, 0.2) is 17.5 Å². The lowest BCUT2D eigenvalue weighted by Crippen LogP contribution is -2.38. The van der Waals surface area contributed by atoms with Crippen LogP contribution in [0.1, 0.15) is 38.2 Å². The molecule has 2 aliphatic heterocycles. The third-order valence-corrected chi connectivity index (χ3v) is 5.06. The van der Waals surface area contributed by atoms with Crippen LogP contribution in [-0.4, -0.2) is 50.9 Å². The second kappa shape index (κ2) is 9.67. The summed E-state index contributed by atoms with van der Waals surface area (Å²) in [7, 11) is 1.81. The molecule has 26 heavy (non-hydrogen) atoms. The molecule has 144 valence electrons.